The van der Waals surface area contributed by atoms with Gasteiger partial charge in [-0.05, 0) is 13.0 Å². The molecule has 14 heavy (non-hydrogen) atoms. The van der Waals surface area contributed by atoms with Crippen molar-refractivity contribution in [3.8, 4) is 0 Å². The normalized spacial score (nSPS) is 22.1. The van der Waals surface area contributed by atoms with E-state index in [9.17, 15) is 4.79 Å². The molecule has 4 nitrogen and oxygen atoms in total. The lowest BCUT2D eigenvalue weighted by atomic mass is 10.1. The van der Waals surface area contributed by atoms with Crippen LogP contribution in [-0.4, -0.2) is 59.3 Å². The fraction of sp³-hybridized carbons (Fsp3) is 0.889. The maximum absolute atomic E-state index is 11.2. The Morgan fingerprint density at radius 2 is 2.29 bits per heavy atom. The maximum Gasteiger partial charge on any atom is 0.309 e. The highest BCUT2D eigenvalue weighted by Gasteiger charge is 2.20. The van der Waals surface area contributed by atoms with Gasteiger partial charge in [-0.1, -0.05) is 6.92 Å². The zero-order valence-electron chi connectivity index (χ0n) is 9.32. The van der Waals surface area contributed by atoms with Gasteiger partial charge >= 0.3 is 5.97 Å². The van der Waals surface area contributed by atoms with E-state index in [2.05, 4.69) is 9.47 Å². The third-order valence-corrected chi connectivity index (χ3v) is 3.32. The number of esters is 1. The summed E-state index contributed by atoms with van der Waals surface area (Å²) in [5, 5.41) is 0. The van der Waals surface area contributed by atoms with Gasteiger partial charge in [0.1, 0.15) is 0 Å². The Kier molecular flexibility index (Phi) is 4.57. The van der Waals surface area contributed by atoms with Crippen molar-refractivity contribution >= 4 is 16.4 Å². The first kappa shape index (κ1) is 11.7. The summed E-state index contributed by atoms with van der Waals surface area (Å²) in [7, 11) is 2.56. The van der Waals surface area contributed by atoms with Crippen LogP contribution in [-0.2, 0) is 9.53 Å². The van der Waals surface area contributed by atoms with Crippen molar-refractivity contribution < 1.29 is 9.53 Å². The van der Waals surface area contributed by atoms with Gasteiger partial charge in [0.05, 0.1) is 23.4 Å². The molecule has 1 fully saturated rings. The van der Waals surface area contributed by atoms with Gasteiger partial charge in [0.25, 0.3) is 0 Å². The van der Waals surface area contributed by atoms with E-state index in [0.717, 1.165) is 30.2 Å². The number of methoxy groups -OCH3 is 1. The van der Waals surface area contributed by atoms with Crippen molar-refractivity contribution in [1.29, 1.82) is 0 Å². The molecule has 0 amide bonds. The van der Waals surface area contributed by atoms with Crippen LogP contribution in [0.3, 0.4) is 0 Å². The van der Waals surface area contributed by atoms with Crippen molar-refractivity contribution in [3.05, 3.63) is 0 Å². The molecule has 0 N–H and O–H groups in total. The van der Waals surface area contributed by atoms with Crippen molar-refractivity contribution in [2.45, 2.75) is 13.3 Å². The number of hydrogen-bond acceptors (Lipinski definition) is 4. The number of hydrogen-bond donors (Lipinski definition) is 0. The summed E-state index contributed by atoms with van der Waals surface area (Å²) in [4.78, 5) is 13.5. The van der Waals surface area contributed by atoms with E-state index in [1.807, 2.05) is 6.92 Å². The lowest BCUT2D eigenvalue weighted by Gasteiger charge is -2.34. The predicted octanol–water partition coefficient (Wildman–Crippen LogP) is -0.959. The molecule has 1 aliphatic heterocycles. The second-order valence-electron chi connectivity index (χ2n) is 4.08. The van der Waals surface area contributed by atoms with Crippen LogP contribution < -0.4 is 0 Å². The minimum atomic E-state index is -0.101. The molecule has 0 saturated carbocycles. The van der Waals surface area contributed by atoms with E-state index in [0.29, 0.717) is 0 Å². The minimum absolute atomic E-state index is 0.00633. The molecule has 0 aromatic heterocycles. The van der Waals surface area contributed by atoms with Crippen LogP contribution in [0.1, 0.15) is 13.3 Å². The predicted molar refractivity (Wildman–Crippen MR) is 58.9 cm³/mol. The molecule has 1 saturated heterocycles. The average Bonchev–Trinajstić information content (AvgIpc) is 2.16. The SMILES string of the molecule is COC(=O)C(C)CN1CCCN([SiH3])C1. The van der Waals surface area contributed by atoms with E-state index < -0.39 is 0 Å². The monoisotopic (exact) mass is 216 g/mol. The minimum Gasteiger partial charge on any atom is -0.469 e. The topological polar surface area (TPSA) is 32.8 Å². The lowest BCUT2D eigenvalue weighted by molar-refractivity contribution is -0.145. The third kappa shape index (κ3) is 3.40. The summed E-state index contributed by atoms with van der Waals surface area (Å²) in [5.74, 6) is -0.108. The summed E-state index contributed by atoms with van der Waals surface area (Å²) in [6.07, 6.45) is 1.22. The van der Waals surface area contributed by atoms with Crippen LogP contribution in [0.25, 0.3) is 0 Å². The number of ether oxygens (including phenoxy) is 1. The van der Waals surface area contributed by atoms with Crippen LogP contribution >= 0.6 is 0 Å². The van der Waals surface area contributed by atoms with Crippen molar-refractivity contribution in [1.82, 2.24) is 9.47 Å². The van der Waals surface area contributed by atoms with Gasteiger partial charge in [-0.25, -0.2) is 0 Å². The Bertz CT molecular complexity index is 201. The molecular weight excluding hydrogens is 196 g/mol. The fourth-order valence-corrected chi connectivity index (χ4v) is 2.58. The first-order chi connectivity index (χ1) is 6.63. The Morgan fingerprint density at radius 3 is 2.86 bits per heavy atom. The van der Waals surface area contributed by atoms with Crippen molar-refractivity contribution in [2.75, 3.05) is 33.4 Å². The molecule has 5 heteroatoms. The standard InChI is InChI=1S/C9H20N2O2Si/c1-8(9(12)13-2)6-10-4-3-5-11(14)7-10/h8H,3-7H2,1-2,14H3. The quantitative estimate of drug-likeness (QED) is 0.449. The summed E-state index contributed by atoms with van der Waals surface area (Å²) in [5.41, 5.74) is 0. The second kappa shape index (κ2) is 5.48. The van der Waals surface area contributed by atoms with Gasteiger partial charge in [-0.3, -0.25) is 9.69 Å². The van der Waals surface area contributed by atoms with Gasteiger partial charge in [0, 0.05) is 19.8 Å². The molecular formula is C9H20N2O2Si. The Hall–Kier alpha value is -0.393. The Morgan fingerprint density at radius 1 is 1.57 bits per heavy atom. The number of rotatable bonds is 3. The highest BCUT2D eigenvalue weighted by atomic mass is 28.2. The smallest absolute Gasteiger partial charge is 0.309 e. The van der Waals surface area contributed by atoms with E-state index in [-0.39, 0.29) is 11.9 Å². The van der Waals surface area contributed by atoms with E-state index >= 15 is 0 Å². The fourth-order valence-electron chi connectivity index (χ4n) is 1.86. The largest absolute Gasteiger partial charge is 0.469 e. The average molecular weight is 216 g/mol. The first-order valence-electron chi connectivity index (χ1n) is 5.12. The molecule has 1 heterocycles. The van der Waals surface area contributed by atoms with Gasteiger partial charge < -0.3 is 9.30 Å². The van der Waals surface area contributed by atoms with E-state index in [4.69, 9.17) is 4.74 Å². The molecule has 0 spiro atoms. The first-order valence-corrected chi connectivity index (χ1v) is 6.01. The molecule has 0 aromatic rings. The molecule has 0 radical (unpaired) electrons. The van der Waals surface area contributed by atoms with Crippen molar-refractivity contribution in [2.24, 2.45) is 5.92 Å². The number of nitrogens with zero attached hydrogens (tertiary/aromatic N) is 2. The summed E-state index contributed by atoms with van der Waals surface area (Å²) in [6, 6.07) is 0. The molecule has 0 aromatic carbocycles. The van der Waals surface area contributed by atoms with E-state index in [1.165, 1.54) is 20.1 Å². The third-order valence-electron chi connectivity index (χ3n) is 2.59. The van der Waals surface area contributed by atoms with Gasteiger partial charge in [-0.2, -0.15) is 0 Å². The lowest BCUT2D eigenvalue weighted by Crippen LogP contribution is -2.45. The van der Waals surface area contributed by atoms with Gasteiger partial charge in [0.2, 0.25) is 0 Å². The zero-order valence-corrected chi connectivity index (χ0v) is 11.3. The molecule has 1 atom stereocenters. The molecule has 1 rings (SSSR count). The van der Waals surface area contributed by atoms with Crippen LogP contribution in [0.2, 0.25) is 0 Å². The molecule has 1 aliphatic rings. The van der Waals surface area contributed by atoms with Gasteiger partial charge in [0.15, 0.2) is 0 Å². The summed E-state index contributed by atoms with van der Waals surface area (Å²) in [6.45, 7) is 6.10. The second-order valence-corrected chi connectivity index (χ2v) is 5.34. The molecule has 0 bridgehead atoms. The van der Waals surface area contributed by atoms with E-state index in [1.54, 1.807) is 0 Å². The van der Waals surface area contributed by atoms with Crippen LogP contribution in [0, 0.1) is 5.92 Å². The highest BCUT2D eigenvalue weighted by molar-refractivity contribution is 6.04. The van der Waals surface area contributed by atoms with Crippen LogP contribution in [0.5, 0.6) is 0 Å². The number of carbonyl (C=O) groups is 1. The van der Waals surface area contributed by atoms with Crippen LogP contribution in [0.15, 0.2) is 0 Å². The highest BCUT2D eigenvalue weighted by Crippen LogP contribution is 2.07. The Labute approximate surface area is 88.7 Å². The van der Waals surface area contributed by atoms with Crippen molar-refractivity contribution in [3.63, 3.8) is 0 Å². The maximum atomic E-state index is 11.2. The molecule has 1 unspecified atom stereocenters. The summed E-state index contributed by atoms with van der Waals surface area (Å²) >= 11 is 0. The Balaban J connectivity index is 2.32. The zero-order chi connectivity index (χ0) is 10.6. The van der Waals surface area contributed by atoms with Crippen LogP contribution in [0.4, 0.5) is 0 Å². The molecule has 82 valence electrons. The van der Waals surface area contributed by atoms with Gasteiger partial charge in [-0.15, -0.1) is 0 Å². The summed E-state index contributed by atoms with van der Waals surface area (Å²) < 4.78 is 7.12. The molecule has 0 aliphatic carbocycles. The number of carbonyl (C=O) groups excluding carboxylic acids is 1.